The fraction of sp³-hybridized carbons (Fsp3) is 0.429. The number of aliphatic hydroxyl groups is 1. The summed E-state index contributed by atoms with van der Waals surface area (Å²) in [6.45, 7) is 16.3. The lowest BCUT2D eigenvalue weighted by atomic mass is 10.2. The van der Waals surface area contributed by atoms with E-state index in [1.165, 1.54) is 0 Å². The highest BCUT2D eigenvalue weighted by atomic mass is 16.5. The van der Waals surface area contributed by atoms with Crippen LogP contribution in [0.5, 0.6) is 17.2 Å². The number of fused-ring (bicyclic) bond motifs is 1. The van der Waals surface area contributed by atoms with Crippen molar-refractivity contribution in [2.75, 3.05) is 26.9 Å². The van der Waals surface area contributed by atoms with Gasteiger partial charge >= 0.3 is 6.03 Å². The van der Waals surface area contributed by atoms with Crippen LogP contribution >= 0.6 is 0 Å². The lowest BCUT2D eigenvalue weighted by Gasteiger charge is -2.13. The third kappa shape index (κ3) is 11.3. The number of hydrogen-bond acceptors (Lipinski definition) is 6. The fourth-order valence-electron chi connectivity index (χ4n) is 2.77. The predicted octanol–water partition coefficient (Wildman–Crippen LogP) is 6.12. The van der Waals surface area contributed by atoms with Crippen LogP contribution in [0.3, 0.4) is 0 Å². The largest absolute Gasteiger partial charge is 0.493 e. The van der Waals surface area contributed by atoms with E-state index in [0.717, 1.165) is 18.2 Å². The zero-order chi connectivity index (χ0) is 27.3. The molecule has 0 aliphatic rings. The van der Waals surface area contributed by atoms with Crippen LogP contribution in [0.4, 0.5) is 4.79 Å². The molecule has 8 heteroatoms. The Morgan fingerprint density at radius 2 is 1.86 bits per heavy atom. The number of allylic oxidation sites excluding steroid dienone is 4. The number of benzene rings is 1. The first-order valence-corrected chi connectivity index (χ1v) is 12.5. The van der Waals surface area contributed by atoms with Gasteiger partial charge in [-0.15, -0.1) is 0 Å². The summed E-state index contributed by atoms with van der Waals surface area (Å²) in [5, 5.41) is 15.3. The number of pyridine rings is 1. The van der Waals surface area contributed by atoms with Gasteiger partial charge in [-0.1, -0.05) is 47.6 Å². The Morgan fingerprint density at radius 1 is 1.14 bits per heavy atom. The zero-order valence-corrected chi connectivity index (χ0v) is 22.8. The van der Waals surface area contributed by atoms with Gasteiger partial charge in [-0.25, -0.2) is 4.79 Å². The lowest BCUT2D eigenvalue weighted by Crippen LogP contribution is -2.35. The molecular formula is C28H43N3O5. The van der Waals surface area contributed by atoms with E-state index in [4.69, 9.17) is 19.3 Å². The monoisotopic (exact) mass is 501 g/mol. The van der Waals surface area contributed by atoms with Gasteiger partial charge in [-0.2, -0.15) is 0 Å². The van der Waals surface area contributed by atoms with Crippen molar-refractivity contribution in [3.8, 4) is 17.2 Å². The molecule has 2 rings (SSSR count). The van der Waals surface area contributed by atoms with E-state index in [-0.39, 0.29) is 19.2 Å². The van der Waals surface area contributed by atoms with E-state index in [2.05, 4.69) is 29.1 Å². The van der Waals surface area contributed by atoms with E-state index in [9.17, 15) is 4.79 Å². The molecule has 200 valence electrons. The Kier molecular flexibility index (Phi) is 17.8. The smallest absolute Gasteiger partial charge is 0.319 e. The summed E-state index contributed by atoms with van der Waals surface area (Å²) in [7, 11) is 1.54. The van der Waals surface area contributed by atoms with Crippen LogP contribution in [0.2, 0.25) is 0 Å². The van der Waals surface area contributed by atoms with Crippen LogP contribution in [0.1, 0.15) is 54.4 Å². The SMILES string of the molecule is C=C/C(=C\C=C(/C)Oc1ccnc2cc(OCCO)c(OC)cc12)NC(=O)NCCCC.CC.CC. The number of amides is 2. The normalized spacial score (nSPS) is 10.8. The third-order valence-corrected chi connectivity index (χ3v) is 4.40. The van der Waals surface area contributed by atoms with Gasteiger partial charge in [0.2, 0.25) is 0 Å². The van der Waals surface area contributed by atoms with Gasteiger partial charge in [0, 0.05) is 29.9 Å². The maximum Gasteiger partial charge on any atom is 0.319 e. The Hall–Kier alpha value is -3.52. The van der Waals surface area contributed by atoms with Crippen molar-refractivity contribution >= 4 is 16.9 Å². The number of urea groups is 1. The van der Waals surface area contributed by atoms with Crippen molar-refractivity contribution in [3.63, 3.8) is 0 Å². The average molecular weight is 502 g/mol. The fourth-order valence-corrected chi connectivity index (χ4v) is 2.77. The van der Waals surface area contributed by atoms with Gasteiger partial charge in [0.25, 0.3) is 0 Å². The summed E-state index contributed by atoms with van der Waals surface area (Å²) in [6.07, 6.45) is 8.59. The molecule has 0 aliphatic carbocycles. The quantitative estimate of drug-likeness (QED) is 0.184. The highest BCUT2D eigenvalue weighted by Gasteiger charge is 2.12. The molecule has 2 aromatic rings. The minimum Gasteiger partial charge on any atom is -0.493 e. The van der Waals surface area contributed by atoms with Gasteiger partial charge < -0.3 is 30.0 Å². The van der Waals surface area contributed by atoms with Crippen molar-refractivity contribution in [1.82, 2.24) is 15.6 Å². The first kappa shape index (κ1) is 32.5. The molecule has 0 atom stereocenters. The van der Waals surface area contributed by atoms with E-state index in [0.29, 0.717) is 40.8 Å². The van der Waals surface area contributed by atoms with Crippen molar-refractivity contribution in [2.45, 2.75) is 54.4 Å². The molecule has 36 heavy (non-hydrogen) atoms. The second kappa shape index (κ2) is 19.8. The van der Waals surface area contributed by atoms with E-state index in [1.54, 1.807) is 56.7 Å². The number of nitrogens with zero attached hydrogens (tertiary/aromatic N) is 1. The Labute approximate surface area is 216 Å². The van der Waals surface area contributed by atoms with Crippen LogP contribution in [-0.2, 0) is 0 Å². The number of carbonyl (C=O) groups is 1. The maximum atomic E-state index is 11.9. The number of aliphatic hydroxyl groups excluding tert-OH is 1. The highest BCUT2D eigenvalue weighted by molar-refractivity contribution is 5.88. The molecule has 0 saturated carbocycles. The summed E-state index contributed by atoms with van der Waals surface area (Å²) in [5.41, 5.74) is 1.21. The van der Waals surface area contributed by atoms with Gasteiger partial charge in [-0.05, 0) is 43.7 Å². The minimum absolute atomic E-state index is 0.1000. The Balaban J connectivity index is 0.00000291. The van der Waals surface area contributed by atoms with E-state index >= 15 is 0 Å². The van der Waals surface area contributed by atoms with Crippen molar-refractivity contribution in [3.05, 3.63) is 60.7 Å². The van der Waals surface area contributed by atoms with Crippen LogP contribution in [0, 0.1) is 0 Å². The van der Waals surface area contributed by atoms with Crippen LogP contribution in [0.25, 0.3) is 10.9 Å². The van der Waals surface area contributed by atoms with E-state index < -0.39 is 0 Å². The topological polar surface area (TPSA) is 102 Å². The van der Waals surface area contributed by atoms with Crippen LogP contribution in [-0.4, -0.2) is 43.0 Å². The molecule has 3 N–H and O–H groups in total. The average Bonchev–Trinajstić information content (AvgIpc) is 2.91. The number of rotatable bonds is 12. The Bertz CT molecular complexity index is 987. The molecule has 0 fully saturated rings. The molecule has 2 amide bonds. The Morgan fingerprint density at radius 3 is 2.47 bits per heavy atom. The molecular weight excluding hydrogens is 458 g/mol. The number of unbranched alkanes of at least 4 members (excludes halogenated alkanes) is 1. The minimum atomic E-state index is -0.275. The van der Waals surface area contributed by atoms with Gasteiger partial charge in [0.1, 0.15) is 18.1 Å². The third-order valence-electron chi connectivity index (χ3n) is 4.40. The molecule has 0 saturated heterocycles. The molecule has 1 aromatic heterocycles. The van der Waals surface area contributed by atoms with Crippen LogP contribution in [0.15, 0.2) is 60.7 Å². The molecule has 0 aliphatic heterocycles. The second-order valence-corrected chi connectivity index (χ2v) is 6.84. The standard InChI is InChI=1S/C24H31N3O5.2C2H6/c1-5-7-11-26-24(29)27-18(6-2)9-8-17(3)32-21-10-12-25-20-16-23(31-14-13-28)22(30-4)15-19(20)21;2*1-2/h6,8-10,12,15-16,28H,2,5,7,11,13-14H2,1,3-4H3,(H2,26,27,29);2*1-2H3/b17-8+,18-9+;;. The molecule has 0 unspecified atom stereocenters. The van der Waals surface area contributed by atoms with E-state index in [1.807, 2.05) is 27.7 Å². The predicted molar refractivity (Wildman–Crippen MR) is 148 cm³/mol. The summed E-state index contributed by atoms with van der Waals surface area (Å²) in [4.78, 5) is 16.3. The number of aromatic nitrogens is 1. The van der Waals surface area contributed by atoms with Gasteiger partial charge in [-0.3, -0.25) is 4.98 Å². The molecule has 0 bridgehead atoms. The summed E-state index contributed by atoms with van der Waals surface area (Å²) in [6, 6.07) is 5.01. The first-order chi connectivity index (χ1) is 17.5. The van der Waals surface area contributed by atoms with Crippen LogP contribution < -0.4 is 24.8 Å². The molecule has 8 nitrogen and oxygen atoms in total. The molecule has 0 radical (unpaired) electrons. The number of methoxy groups -OCH3 is 1. The highest BCUT2D eigenvalue weighted by Crippen LogP contribution is 2.36. The molecule has 0 spiro atoms. The van der Waals surface area contributed by atoms with Crippen molar-refractivity contribution in [1.29, 1.82) is 0 Å². The second-order valence-electron chi connectivity index (χ2n) is 6.84. The summed E-state index contributed by atoms with van der Waals surface area (Å²) >= 11 is 0. The van der Waals surface area contributed by atoms with Gasteiger partial charge in [0.05, 0.1) is 19.2 Å². The number of hydrogen-bond donors (Lipinski definition) is 3. The lowest BCUT2D eigenvalue weighted by molar-refractivity contribution is 0.196. The zero-order valence-electron chi connectivity index (χ0n) is 22.8. The van der Waals surface area contributed by atoms with Crippen molar-refractivity contribution in [2.24, 2.45) is 0 Å². The summed E-state index contributed by atoms with van der Waals surface area (Å²) in [5.74, 6) is 2.20. The van der Waals surface area contributed by atoms with Crippen molar-refractivity contribution < 1.29 is 24.1 Å². The molecule has 1 heterocycles. The maximum absolute atomic E-state index is 11.9. The van der Waals surface area contributed by atoms with Gasteiger partial charge in [0.15, 0.2) is 11.5 Å². The number of nitrogens with one attached hydrogen (secondary N) is 2. The molecule has 1 aromatic carbocycles. The summed E-state index contributed by atoms with van der Waals surface area (Å²) < 4.78 is 16.9. The number of carbonyl (C=O) groups excluding carboxylic acids is 1. The first-order valence-electron chi connectivity index (χ1n) is 12.5. The number of ether oxygens (including phenoxy) is 3.